The van der Waals surface area contributed by atoms with Gasteiger partial charge in [0.05, 0.1) is 0 Å². The molecule has 2 aromatic heterocycles. The number of aliphatic carboxylic acids is 1. The first-order valence-corrected chi connectivity index (χ1v) is 10.4. The zero-order valence-corrected chi connectivity index (χ0v) is 18.2. The van der Waals surface area contributed by atoms with Crippen molar-refractivity contribution in [2.45, 2.75) is 51.7 Å². The van der Waals surface area contributed by atoms with E-state index in [9.17, 15) is 14.7 Å². The average molecular weight is 424 g/mol. The number of aromatic nitrogens is 2. The number of carboxylic acid groups (broad SMARTS) is 1. The van der Waals surface area contributed by atoms with Crippen LogP contribution in [0.3, 0.4) is 0 Å². The summed E-state index contributed by atoms with van der Waals surface area (Å²) in [5.41, 5.74) is 2.01. The Balaban J connectivity index is 1.79. The zero-order valence-electron chi connectivity index (χ0n) is 18.2. The van der Waals surface area contributed by atoms with Gasteiger partial charge in [-0.15, -0.1) is 0 Å². The molecule has 0 aliphatic carbocycles. The van der Waals surface area contributed by atoms with Crippen molar-refractivity contribution in [2.75, 3.05) is 6.54 Å². The van der Waals surface area contributed by atoms with Crippen LogP contribution in [-0.4, -0.2) is 50.2 Å². The van der Waals surface area contributed by atoms with E-state index in [1.807, 2.05) is 42.5 Å². The van der Waals surface area contributed by atoms with Gasteiger partial charge in [0.15, 0.2) is 0 Å². The van der Waals surface area contributed by atoms with E-state index in [1.54, 1.807) is 33.2 Å². The maximum Gasteiger partial charge on any atom is 0.411 e. The van der Waals surface area contributed by atoms with Crippen LogP contribution in [0.25, 0.3) is 10.9 Å². The molecular weight excluding hydrogens is 394 g/mol. The van der Waals surface area contributed by atoms with Crippen LogP contribution in [0.15, 0.2) is 54.9 Å². The van der Waals surface area contributed by atoms with Crippen LogP contribution in [0, 0.1) is 0 Å². The van der Waals surface area contributed by atoms with E-state index in [4.69, 9.17) is 4.74 Å². The number of carbonyl (C=O) groups is 2. The quantitative estimate of drug-likeness (QED) is 0.559. The van der Waals surface area contributed by atoms with Crippen LogP contribution in [-0.2, 0) is 22.4 Å². The number of hydrogen-bond acceptors (Lipinski definition) is 4. The van der Waals surface area contributed by atoms with Gasteiger partial charge in [0, 0.05) is 36.6 Å². The molecule has 1 aromatic carbocycles. The van der Waals surface area contributed by atoms with E-state index in [1.165, 1.54) is 4.90 Å². The molecular formula is C24H29N3O4. The van der Waals surface area contributed by atoms with E-state index in [2.05, 4.69) is 9.97 Å². The number of amides is 1. The van der Waals surface area contributed by atoms with E-state index in [0.717, 1.165) is 22.2 Å². The monoisotopic (exact) mass is 423 g/mol. The summed E-state index contributed by atoms with van der Waals surface area (Å²) in [6, 6.07) is 12.5. The lowest BCUT2D eigenvalue weighted by molar-refractivity contribution is -0.143. The van der Waals surface area contributed by atoms with E-state index in [-0.39, 0.29) is 13.0 Å². The second-order valence-electron chi connectivity index (χ2n) is 8.58. The highest BCUT2D eigenvalue weighted by atomic mass is 16.6. The number of fused-ring (bicyclic) bond motifs is 1. The number of para-hydroxylation sites is 1. The number of carbonyl (C=O) groups excluding carboxylic acids is 1. The van der Waals surface area contributed by atoms with Crippen molar-refractivity contribution in [3.63, 3.8) is 0 Å². The third kappa shape index (κ3) is 6.31. The lowest BCUT2D eigenvalue weighted by Gasteiger charge is -2.31. The highest BCUT2D eigenvalue weighted by Gasteiger charge is 2.33. The molecule has 0 unspecified atom stereocenters. The van der Waals surface area contributed by atoms with Crippen molar-refractivity contribution in [3.05, 3.63) is 66.1 Å². The Morgan fingerprint density at radius 1 is 1.19 bits per heavy atom. The Bertz CT molecular complexity index is 991. The van der Waals surface area contributed by atoms with Crippen molar-refractivity contribution in [1.82, 2.24) is 14.9 Å². The molecule has 0 bridgehead atoms. The maximum atomic E-state index is 12.9. The summed E-state index contributed by atoms with van der Waals surface area (Å²) in [7, 11) is 0. The van der Waals surface area contributed by atoms with Crippen LogP contribution < -0.4 is 0 Å². The molecule has 1 atom stereocenters. The van der Waals surface area contributed by atoms with Crippen molar-refractivity contribution >= 4 is 23.0 Å². The fraction of sp³-hybridized carbons (Fsp3) is 0.375. The van der Waals surface area contributed by atoms with Crippen LogP contribution in [0.4, 0.5) is 4.79 Å². The minimum absolute atomic E-state index is 0.163. The van der Waals surface area contributed by atoms with Gasteiger partial charge in [0.25, 0.3) is 0 Å². The van der Waals surface area contributed by atoms with Gasteiger partial charge in [-0.05, 0) is 62.8 Å². The molecule has 164 valence electrons. The van der Waals surface area contributed by atoms with E-state index >= 15 is 0 Å². The highest BCUT2D eigenvalue weighted by molar-refractivity contribution is 5.82. The number of nitrogens with zero attached hydrogens (tertiary/aromatic N) is 2. The zero-order chi connectivity index (χ0) is 22.4. The topological polar surface area (TPSA) is 95.5 Å². The van der Waals surface area contributed by atoms with Gasteiger partial charge in [-0.2, -0.15) is 0 Å². The van der Waals surface area contributed by atoms with Crippen LogP contribution >= 0.6 is 0 Å². The summed E-state index contributed by atoms with van der Waals surface area (Å²) in [5.74, 6) is -1.06. The van der Waals surface area contributed by atoms with Crippen molar-refractivity contribution < 1.29 is 19.4 Å². The number of aryl methyl sites for hydroxylation is 1. The molecule has 3 rings (SSSR count). The number of aromatic amines is 1. The fourth-order valence-electron chi connectivity index (χ4n) is 3.48. The summed E-state index contributed by atoms with van der Waals surface area (Å²) >= 11 is 0. The Labute approximate surface area is 182 Å². The summed E-state index contributed by atoms with van der Waals surface area (Å²) in [4.78, 5) is 33.8. The number of carboxylic acids is 1. The summed E-state index contributed by atoms with van der Waals surface area (Å²) in [6.07, 6.45) is 4.31. The number of benzene rings is 1. The molecule has 0 saturated heterocycles. The highest BCUT2D eigenvalue weighted by Crippen LogP contribution is 2.20. The normalized spacial score (nSPS) is 12.5. The summed E-state index contributed by atoms with van der Waals surface area (Å²) < 4.78 is 5.53. The molecule has 2 heterocycles. The molecule has 0 aliphatic heterocycles. The van der Waals surface area contributed by atoms with Crippen LogP contribution in [0.1, 0.15) is 38.4 Å². The number of nitrogens with one attached hydrogen (secondary N) is 1. The molecule has 0 radical (unpaired) electrons. The van der Waals surface area contributed by atoms with Gasteiger partial charge in [-0.25, -0.2) is 9.59 Å². The SMILES string of the molecule is CC(C)(C)OC(=O)N(CCCc1cccnc1)[C@@H](Cc1cc2ccccc2[nH]1)C(=O)O. The molecule has 2 N–H and O–H groups in total. The number of pyridine rings is 1. The Kier molecular flexibility index (Phi) is 6.95. The molecule has 0 aliphatic rings. The number of ether oxygens (including phenoxy) is 1. The van der Waals surface area contributed by atoms with Gasteiger partial charge in [0.2, 0.25) is 0 Å². The lowest BCUT2D eigenvalue weighted by Crippen LogP contribution is -2.49. The minimum atomic E-state index is -1.06. The van der Waals surface area contributed by atoms with Gasteiger partial charge < -0.3 is 14.8 Å². The van der Waals surface area contributed by atoms with Crippen molar-refractivity contribution in [2.24, 2.45) is 0 Å². The number of rotatable bonds is 8. The predicted molar refractivity (Wildman–Crippen MR) is 119 cm³/mol. The second kappa shape index (κ2) is 9.64. The Hall–Kier alpha value is -3.35. The first-order valence-electron chi connectivity index (χ1n) is 10.4. The molecule has 7 heteroatoms. The second-order valence-corrected chi connectivity index (χ2v) is 8.58. The minimum Gasteiger partial charge on any atom is -0.480 e. The number of H-pyrrole nitrogens is 1. The average Bonchev–Trinajstić information content (AvgIpc) is 3.12. The third-order valence-corrected chi connectivity index (χ3v) is 4.88. The molecule has 0 saturated carbocycles. The van der Waals surface area contributed by atoms with Gasteiger partial charge in [-0.3, -0.25) is 9.88 Å². The molecule has 1 amide bonds. The molecule has 31 heavy (non-hydrogen) atoms. The largest absolute Gasteiger partial charge is 0.480 e. The lowest BCUT2D eigenvalue weighted by atomic mass is 10.1. The maximum absolute atomic E-state index is 12.9. The molecule has 7 nitrogen and oxygen atoms in total. The third-order valence-electron chi connectivity index (χ3n) is 4.88. The van der Waals surface area contributed by atoms with Crippen molar-refractivity contribution in [3.8, 4) is 0 Å². The van der Waals surface area contributed by atoms with Crippen LogP contribution in [0.2, 0.25) is 0 Å². The summed E-state index contributed by atoms with van der Waals surface area (Å²) in [6.45, 7) is 5.57. The van der Waals surface area contributed by atoms with Gasteiger partial charge in [0.1, 0.15) is 11.6 Å². The number of hydrogen-bond donors (Lipinski definition) is 2. The van der Waals surface area contributed by atoms with Gasteiger partial charge >= 0.3 is 12.1 Å². The predicted octanol–water partition coefficient (Wildman–Crippen LogP) is 4.43. The summed E-state index contributed by atoms with van der Waals surface area (Å²) in [5, 5.41) is 11.0. The Morgan fingerprint density at radius 3 is 2.61 bits per heavy atom. The first kappa shape index (κ1) is 22.3. The van der Waals surface area contributed by atoms with Crippen LogP contribution in [0.5, 0.6) is 0 Å². The van der Waals surface area contributed by atoms with E-state index in [0.29, 0.717) is 12.8 Å². The van der Waals surface area contributed by atoms with Gasteiger partial charge in [-0.1, -0.05) is 24.3 Å². The molecule has 0 spiro atoms. The first-order chi connectivity index (χ1) is 14.7. The Morgan fingerprint density at radius 2 is 1.97 bits per heavy atom. The fourth-order valence-corrected chi connectivity index (χ4v) is 3.48. The molecule has 3 aromatic rings. The van der Waals surface area contributed by atoms with Crippen molar-refractivity contribution in [1.29, 1.82) is 0 Å². The molecule has 0 fully saturated rings. The van der Waals surface area contributed by atoms with E-state index < -0.39 is 23.7 Å². The standard InChI is InChI=1S/C24H29N3O4/c1-24(2,3)31-23(30)27(13-7-9-17-8-6-12-25-16-17)21(22(28)29)15-19-14-18-10-4-5-11-20(18)26-19/h4-6,8,10-12,14,16,21,26H,7,9,13,15H2,1-3H3,(H,28,29)/t21-/m0/s1. The smallest absolute Gasteiger partial charge is 0.411 e.